The average Bonchev–Trinajstić information content (AvgIpc) is 2.37. The largest absolute Gasteiger partial charge is 0.368 e. The maximum absolute atomic E-state index is 11.8. The summed E-state index contributed by atoms with van der Waals surface area (Å²) in [5.41, 5.74) is 5.57. The fourth-order valence-corrected chi connectivity index (χ4v) is 2.30. The fourth-order valence-electron chi connectivity index (χ4n) is 2.30. The van der Waals surface area contributed by atoms with Gasteiger partial charge in [-0.1, -0.05) is 13.3 Å². The SMILES string of the molecule is CCCC(CCN)CNC(=O)C1CCCCO1. The first kappa shape index (κ1) is 14.5. The monoisotopic (exact) mass is 242 g/mol. The lowest BCUT2D eigenvalue weighted by Gasteiger charge is -2.23. The van der Waals surface area contributed by atoms with Gasteiger partial charge in [0.1, 0.15) is 6.10 Å². The van der Waals surface area contributed by atoms with Crippen molar-refractivity contribution in [3.63, 3.8) is 0 Å². The van der Waals surface area contributed by atoms with Crippen molar-refractivity contribution >= 4 is 5.91 Å². The number of amides is 1. The van der Waals surface area contributed by atoms with E-state index in [0.717, 1.165) is 51.7 Å². The Morgan fingerprint density at radius 1 is 1.47 bits per heavy atom. The number of carbonyl (C=O) groups excluding carboxylic acids is 1. The number of ether oxygens (including phenoxy) is 1. The van der Waals surface area contributed by atoms with Gasteiger partial charge in [0.25, 0.3) is 0 Å². The molecule has 1 aliphatic rings. The summed E-state index contributed by atoms with van der Waals surface area (Å²) in [7, 11) is 0. The van der Waals surface area contributed by atoms with E-state index in [1.807, 2.05) is 0 Å². The Kier molecular flexibility index (Phi) is 7.21. The molecule has 0 bridgehead atoms. The minimum absolute atomic E-state index is 0.0582. The lowest BCUT2D eigenvalue weighted by Crippen LogP contribution is -2.40. The van der Waals surface area contributed by atoms with E-state index < -0.39 is 0 Å². The molecule has 1 fully saturated rings. The second-order valence-electron chi connectivity index (χ2n) is 4.83. The molecule has 0 radical (unpaired) electrons. The highest BCUT2D eigenvalue weighted by Crippen LogP contribution is 2.13. The van der Waals surface area contributed by atoms with Gasteiger partial charge < -0.3 is 15.8 Å². The van der Waals surface area contributed by atoms with Crippen LogP contribution in [0.1, 0.15) is 45.4 Å². The molecular weight excluding hydrogens is 216 g/mol. The molecule has 1 amide bonds. The zero-order valence-corrected chi connectivity index (χ0v) is 10.9. The number of hydrogen-bond acceptors (Lipinski definition) is 3. The van der Waals surface area contributed by atoms with Crippen molar-refractivity contribution in [2.75, 3.05) is 19.7 Å². The lowest BCUT2D eigenvalue weighted by atomic mass is 9.99. The fraction of sp³-hybridized carbons (Fsp3) is 0.923. The summed E-state index contributed by atoms with van der Waals surface area (Å²) in [6.07, 6.45) is 6.07. The van der Waals surface area contributed by atoms with Crippen LogP contribution in [0.4, 0.5) is 0 Å². The van der Waals surface area contributed by atoms with Crippen LogP contribution < -0.4 is 11.1 Å². The number of nitrogens with one attached hydrogen (secondary N) is 1. The van der Waals surface area contributed by atoms with Crippen molar-refractivity contribution < 1.29 is 9.53 Å². The van der Waals surface area contributed by atoms with Gasteiger partial charge in [-0.15, -0.1) is 0 Å². The zero-order valence-electron chi connectivity index (χ0n) is 10.9. The van der Waals surface area contributed by atoms with Crippen LogP contribution in [0.5, 0.6) is 0 Å². The molecule has 0 aromatic heterocycles. The molecule has 2 unspecified atom stereocenters. The third-order valence-corrected chi connectivity index (χ3v) is 3.31. The van der Waals surface area contributed by atoms with Gasteiger partial charge in [0.05, 0.1) is 0 Å². The van der Waals surface area contributed by atoms with Crippen LogP contribution in [0.3, 0.4) is 0 Å². The van der Waals surface area contributed by atoms with Crippen molar-refractivity contribution in [2.24, 2.45) is 11.7 Å². The minimum Gasteiger partial charge on any atom is -0.368 e. The normalized spacial score (nSPS) is 22.1. The van der Waals surface area contributed by atoms with Gasteiger partial charge in [0, 0.05) is 13.2 Å². The Morgan fingerprint density at radius 3 is 2.88 bits per heavy atom. The van der Waals surface area contributed by atoms with E-state index in [1.54, 1.807) is 0 Å². The molecule has 1 rings (SSSR count). The van der Waals surface area contributed by atoms with Crippen molar-refractivity contribution in [3.8, 4) is 0 Å². The molecule has 1 aliphatic heterocycles. The number of nitrogens with two attached hydrogens (primary N) is 1. The Bertz CT molecular complexity index is 209. The average molecular weight is 242 g/mol. The van der Waals surface area contributed by atoms with Gasteiger partial charge in [-0.25, -0.2) is 0 Å². The topological polar surface area (TPSA) is 64.3 Å². The van der Waals surface area contributed by atoms with Gasteiger partial charge in [0.2, 0.25) is 5.91 Å². The maximum atomic E-state index is 11.8. The van der Waals surface area contributed by atoms with E-state index in [1.165, 1.54) is 0 Å². The van der Waals surface area contributed by atoms with E-state index >= 15 is 0 Å². The van der Waals surface area contributed by atoms with E-state index in [2.05, 4.69) is 12.2 Å². The first-order valence-corrected chi connectivity index (χ1v) is 6.87. The summed E-state index contributed by atoms with van der Waals surface area (Å²) >= 11 is 0. The lowest BCUT2D eigenvalue weighted by molar-refractivity contribution is -0.135. The van der Waals surface area contributed by atoms with Crippen molar-refractivity contribution in [3.05, 3.63) is 0 Å². The Labute approximate surface area is 104 Å². The molecule has 0 saturated carbocycles. The van der Waals surface area contributed by atoms with E-state index in [-0.39, 0.29) is 12.0 Å². The molecule has 1 heterocycles. The first-order valence-electron chi connectivity index (χ1n) is 6.87. The number of rotatable bonds is 7. The molecule has 0 aromatic rings. The number of hydrogen-bond donors (Lipinski definition) is 2. The quantitative estimate of drug-likeness (QED) is 0.710. The zero-order chi connectivity index (χ0) is 12.5. The molecule has 4 nitrogen and oxygen atoms in total. The van der Waals surface area contributed by atoms with Crippen LogP contribution in [-0.2, 0) is 9.53 Å². The smallest absolute Gasteiger partial charge is 0.249 e. The van der Waals surface area contributed by atoms with E-state index in [9.17, 15) is 4.79 Å². The standard InChI is InChI=1S/C13H26N2O2/c1-2-5-11(7-8-14)10-15-13(16)12-6-3-4-9-17-12/h11-12H,2-10,14H2,1H3,(H,15,16). The highest BCUT2D eigenvalue weighted by atomic mass is 16.5. The third kappa shape index (κ3) is 5.50. The highest BCUT2D eigenvalue weighted by molar-refractivity contribution is 5.80. The van der Waals surface area contributed by atoms with Gasteiger partial charge in [-0.2, -0.15) is 0 Å². The third-order valence-electron chi connectivity index (χ3n) is 3.31. The highest BCUT2D eigenvalue weighted by Gasteiger charge is 2.22. The molecule has 17 heavy (non-hydrogen) atoms. The summed E-state index contributed by atoms with van der Waals surface area (Å²) in [4.78, 5) is 11.8. The first-order chi connectivity index (χ1) is 8.27. The van der Waals surface area contributed by atoms with Gasteiger partial charge in [0.15, 0.2) is 0 Å². The summed E-state index contributed by atoms with van der Waals surface area (Å²) in [5, 5.41) is 3.00. The van der Waals surface area contributed by atoms with Gasteiger partial charge >= 0.3 is 0 Å². The Morgan fingerprint density at radius 2 is 2.29 bits per heavy atom. The molecule has 3 N–H and O–H groups in total. The van der Waals surface area contributed by atoms with Crippen LogP contribution in [0, 0.1) is 5.92 Å². The van der Waals surface area contributed by atoms with E-state index in [0.29, 0.717) is 12.5 Å². The van der Waals surface area contributed by atoms with Crippen LogP contribution in [-0.4, -0.2) is 31.7 Å². The van der Waals surface area contributed by atoms with Crippen molar-refractivity contribution in [1.29, 1.82) is 0 Å². The maximum Gasteiger partial charge on any atom is 0.249 e. The Balaban J connectivity index is 2.24. The predicted octanol–water partition coefficient (Wildman–Crippen LogP) is 1.44. The molecule has 1 saturated heterocycles. The van der Waals surface area contributed by atoms with Crippen molar-refractivity contribution in [2.45, 2.75) is 51.6 Å². The molecular formula is C13H26N2O2. The second kappa shape index (κ2) is 8.48. The summed E-state index contributed by atoms with van der Waals surface area (Å²) < 4.78 is 5.46. The second-order valence-corrected chi connectivity index (χ2v) is 4.83. The molecule has 0 spiro atoms. The van der Waals surface area contributed by atoms with Crippen LogP contribution in [0.25, 0.3) is 0 Å². The van der Waals surface area contributed by atoms with Crippen LogP contribution in [0.15, 0.2) is 0 Å². The molecule has 100 valence electrons. The van der Waals surface area contributed by atoms with Crippen molar-refractivity contribution in [1.82, 2.24) is 5.32 Å². The summed E-state index contributed by atoms with van der Waals surface area (Å²) in [6.45, 7) is 4.32. The Hall–Kier alpha value is -0.610. The predicted molar refractivity (Wildman–Crippen MR) is 68.7 cm³/mol. The summed E-state index contributed by atoms with van der Waals surface area (Å²) in [5.74, 6) is 0.570. The molecule has 0 aromatic carbocycles. The van der Waals surface area contributed by atoms with Gasteiger partial charge in [-0.05, 0) is 44.6 Å². The molecule has 2 atom stereocenters. The van der Waals surface area contributed by atoms with Crippen LogP contribution >= 0.6 is 0 Å². The minimum atomic E-state index is -0.219. The molecule has 0 aliphatic carbocycles. The van der Waals surface area contributed by atoms with E-state index in [4.69, 9.17) is 10.5 Å². The van der Waals surface area contributed by atoms with Crippen LogP contribution in [0.2, 0.25) is 0 Å². The summed E-state index contributed by atoms with van der Waals surface area (Å²) in [6, 6.07) is 0. The van der Waals surface area contributed by atoms with Gasteiger partial charge in [-0.3, -0.25) is 4.79 Å². The number of carbonyl (C=O) groups is 1. The molecule has 4 heteroatoms.